The second-order valence-corrected chi connectivity index (χ2v) is 9.06. The molecule has 0 unspecified atom stereocenters. The Balaban J connectivity index is 1.64. The summed E-state index contributed by atoms with van der Waals surface area (Å²) in [6, 6.07) is 16.5. The minimum Gasteiger partial charge on any atom is -0.444 e. The highest BCUT2D eigenvalue weighted by atomic mass is 16.6. The van der Waals surface area contributed by atoms with Crippen LogP contribution in [-0.2, 0) is 23.0 Å². The van der Waals surface area contributed by atoms with Crippen molar-refractivity contribution in [2.75, 3.05) is 5.32 Å². The highest BCUT2D eigenvalue weighted by Gasteiger charge is 2.26. The number of ether oxygens (including phenoxy) is 1. The molecule has 170 valence electrons. The first-order valence-electron chi connectivity index (χ1n) is 10.9. The third kappa shape index (κ3) is 5.14. The van der Waals surface area contributed by atoms with E-state index in [0.717, 1.165) is 21.9 Å². The van der Waals surface area contributed by atoms with Gasteiger partial charge in [-0.2, -0.15) is 0 Å². The van der Waals surface area contributed by atoms with E-state index in [9.17, 15) is 9.59 Å². The van der Waals surface area contributed by atoms with Crippen LogP contribution in [-0.4, -0.2) is 33.2 Å². The predicted octanol–water partition coefficient (Wildman–Crippen LogP) is 4.80. The Labute approximate surface area is 192 Å². The van der Waals surface area contributed by atoms with Crippen LogP contribution < -0.4 is 10.6 Å². The number of aromatic nitrogens is 2. The fraction of sp³-hybridized carbons (Fsp3) is 0.269. The highest BCUT2D eigenvalue weighted by Crippen LogP contribution is 2.24. The van der Waals surface area contributed by atoms with Crippen molar-refractivity contribution in [1.29, 1.82) is 0 Å². The lowest BCUT2D eigenvalue weighted by Gasteiger charge is -2.23. The molecule has 2 amide bonds. The van der Waals surface area contributed by atoms with Crippen LogP contribution in [0.15, 0.2) is 67.0 Å². The molecule has 4 rings (SSSR count). The maximum atomic E-state index is 13.4. The number of aryl methyl sites for hydroxylation is 1. The molecule has 2 aromatic heterocycles. The summed E-state index contributed by atoms with van der Waals surface area (Å²) in [5, 5.41) is 7.67. The highest BCUT2D eigenvalue weighted by molar-refractivity contribution is 6.03. The lowest BCUT2D eigenvalue weighted by Crippen LogP contribution is -2.47. The van der Waals surface area contributed by atoms with Gasteiger partial charge < -0.3 is 19.9 Å². The van der Waals surface area contributed by atoms with Crippen molar-refractivity contribution in [3.63, 3.8) is 0 Å². The monoisotopic (exact) mass is 444 g/mol. The molecular weight excluding hydrogens is 416 g/mol. The summed E-state index contributed by atoms with van der Waals surface area (Å²) in [5.74, 6) is -0.341. The van der Waals surface area contributed by atoms with Crippen LogP contribution in [0, 0.1) is 0 Å². The lowest BCUT2D eigenvalue weighted by molar-refractivity contribution is -0.118. The Morgan fingerprint density at radius 1 is 1.06 bits per heavy atom. The van der Waals surface area contributed by atoms with E-state index >= 15 is 0 Å². The number of carbonyl (C=O) groups is 2. The number of rotatable bonds is 5. The number of nitrogens with zero attached hydrogens (tertiary/aromatic N) is 2. The first-order chi connectivity index (χ1) is 15.7. The molecule has 0 bridgehead atoms. The summed E-state index contributed by atoms with van der Waals surface area (Å²) in [5.41, 5.74) is 2.62. The molecule has 1 atom stereocenters. The fourth-order valence-corrected chi connectivity index (χ4v) is 3.89. The summed E-state index contributed by atoms with van der Waals surface area (Å²) >= 11 is 0. The summed E-state index contributed by atoms with van der Waals surface area (Å²) < 4.78 is 7.44. The van der Waals surface area contributed by atoms with Crippen LogP contribution in [0.3, 0.4) is 0 Å². The van der Waals surface area contributed by atoms with Crippen molar-refractivity contribution in [1.82, 2.24) is 14.9 Å². The van der Waals surface area contributed by atoms with Gasteiger partial charge in [0.05, 0.1) is 11.2 Å². The standard InChI is InChI=1S/C26H28N4O3/c1-26(2,3)33-25(32)29-21(15-18-16-30(4)22-13-6-5-11-19(18)22)24(31)28-20-12-7-9-17-10-8-14-27-23(17)20/h5-14,16,21H,15H2,1-4H3,(H,28,31)(H,29,32)/t21-/m1/s1. The number of amides is 2. The minimum atomic E-state index is -0.843. The third-order valence-corrected chi connectivity index (χ3v) is 5.30. The molecule has 2 aromatic carbocycles. The van der Waals surface area contributed by atoms with Gasteiger partial charge in [0.1, 0.15) is 11.6 Å². The molecule has 33 heavy (non-hydrogen) atoms. The normalized spacial score (nSPS) is 12.5. The molecule has 2 N–H and O–H groups in total. The first kappa shape index (κ1) is 22.3. The maximum Gasteiger partial charge on any atom is 0.408 e. The minimum absolute atomic E-state index is 0.310. The second kappa shape index (κ2) is 8.94. The lowest BCUT2D eigenvalue weighted by atomic mass is 10.0. The Morgan fingerprint density at radius 2 is 1.82 bits per heavy atom. The van der Waals surface area contributed by atoms with E-state index in [0.29, 0.717) is 17.6 Å². The van der Waals surface area contributed by atoms with E-state index in [1.807, 2.05) is 66.3 Å². The number of fused-ring (bicyclic) bond motifs is 2. The second-order valence-electron chi connectivity index (χ2n) is 9.06. The van der Waals surface area contributed by atoms with Gasteiger partial charge in [0.25, 0.3) is 0 Å². The van der Waals surface area contributed by atoms with Crippen LogP contribution in [0.4, 0.5) is 10.5 Å². The van der Waals surface area contributed by atoms with Crippen molar-refractivity contribution in [2.24, 2.45) is 7.05 Å². The van der Waals surface area contributed by atoms with Gasteiger partial charge in [0.15, 0.2) is 0 Å². The number of carbonyl (C=O) groups excluding carboxylic acids is 2. The van der Waals surface area contributed by atoms with Gasteiger partial charge in [-0.1, -0.05) is 36.4 Å². The molecule has 0 aliphatic rings. The summed E-state index contributed by atoms with van der Waals surface area (Å²) in [6.07, 6.45) is 3.34. The van der Waals surface area contributed by atoms with Crippen molar-refractivity contribution < 1.29 is 14.3 Å². The molecule has 0 radical (unpaired) electrons. The maximum absolute atomic E-state index is 13.4. The van der Waals surface area contributed by atoms with Crippen LogP contribution in [0.2, 0.25) is 0 Å². The summed E-state index contributed by atoms with van der Waals surface area (Å²) in [7, 11) is 1.96. The topological polar surface area (TPSA) is 85.2 Å². The summed E-state index contributed by atoms with van der Waals surface area (Å²) in [6.45, 7) is 5.36. The van der Waals surface area contributed by atoms with Gasteiger partial charge in [-0.15, -0.1) is 0 Å². The molecule has 0 aliphatic carbocycles. The van der Waals surface area contributed by atoms with E-state index in [4.69, 9.17) is 4.74 Å². The zero-order valence-electron chi connectivity index (χ0n) is 19.3. The van der Waals surface area contributed by atoms with Crippen molar-refractivity contribution in [2.45, 2.75) is 38.8 Å². The number of pyridine rings is 1. The van der Waals surface area contributed by atoms with Gasteiger partial charge in [0, 0.05) is 42.2 Å². The first-order valence-corrected chi connectivity index (χ1v) is 10.9. The molecule has 2 heterocycles. The SMILES string of the molecule is Cn1cc(C[C@@H](NC(=O)OC(C)(C)C)C(=O)Nc2cccc3cccnc23)c2ccccc21. The third-order valence-electron chi connectivity index (χ3n) is 5.30. The van der Waals surface area contributed by atoms with Crippen molar-refractivity contribution in [3.05, 3.63) is 72.6 Å². The number of benzene rings is 2. The van der Waals surface area contributed by atoms with Crippen LogP contribution in [0.1, 0.15) is 26.3 Å². The van der Waals surface area contributed by atoms with Crippen LogP contribution >= 0.6 is 0 Å². The summed E-state index contributed by atoms with van der Waals surface area (Å²) in [4.78, 5) is 30.4. The Bertz CT molecular complexity index is 1310. The number of alkyl carbamates (subject to hydrolysis) is 1. The molecule has 7 heteroatoms. The molecule has 0 aliphatic heterocycles. The van der Waals surface area contributed by atoms with E-state index in [2.05, 4.69) is 15.6 Å². The predicted molar refractivity (Wildman–Crippen MR) is 130 cm³/mol. The van der Waals surface area contributed by atoms with Gasteiger partial charge in [-0.25, -0.2) is 4.79 Å². The van der Waals surface area contributed by atoms with Crippen LogP contribution in [0.25, 0.3) is 21.8 Å². The molecule has 0 saturated carbocycles. The van der Waals surface area contributed by atoms with E-state index < -0.39 is 17.7 Å². The zero-order valence-corrected chi connectivity index (χ0v) is 19.3. The molecule has 0 fully saturated rings. The van der Waals surface area contributed by atoms with E-state index in [-0.39, 0.29) is 5.91 Å². The van der Waals surface area contributed by atoms with Crippen molar-refractivity contribution in [3.8, 4) is 0 Å². The Morgan fingerprint density at radius 3 is 2.61 bits per heavy atom. The number of nitrogens with one attached hydrogen (secondary N) is 2. The van der Waals surface area contributed by atoms with Gasteiger partial charge in [-0.05, 0) is 44.5 Å². The molecule has 0 saturated heterocycles. The molecule has 4 aromatic rings. The molecule has 7 nitrogen and oxygen atoms in total. The Kier molecular flexibility index (Phi) is 6.05. The Hall–Kier alpha value is -3.87. The zero-order chi connectivity index (χ0) is 23.6. The number of hydrogen-bond acceptors (Lipinski definition) is 4. The molecular formula is C26H28N4O3. The largest absolute Gasteiger partial charge is 0.444 e. The van der Waals surface area contributed by atoms with Gasteiger partial charge in [0.2, 0.25) is 5.91 Å². The number of anilines is 1. The number of para-hydroxylation sites is 2. The molecule has 0 spiro atoms. The van der Waals surface area contributed by atoms with E-state index in [1.54, 1.807) is 33.0 Å². The fourth-order valence-electron chi connectivity index (χ4n) is 3.89. The van der Waals surface area contributed by atoms with E-state index in [1.165, 1.54) is 0 Å². The quantitative estimate of drug-likeness (QED) is 0.463. The van der Waals surface area contributed by atoms with Crippen LogP contribution in [0.5, 0.6) is 0 Å². The van der Waals surface area contributed by atoms with Gasteiger partial charge >= 0.3 is 6.09 Å². The average molecular weight is 445 g/mol. The average Bonchev–Trinajstić information content (AvgIpc) is 3.08. The van der Waals surface area contributed by atoms with Gasteiger partial charge in [-0.3, -0.25) is 9.78 Å². The smallest absolute Gasteiger partial charge is 0.408 e. The number of hydrogen-bond donors (Lipinski definition) is 2. The van der Waals surface area contributed by atoms with Crippen molar-refractivity contribution >= 4 is 39.5 Å².